The smallest absolute Gasteiger partial charge is 0.410 e. The van der Waals surface area contributed by atoms with Crippen LogP contribution < -0.4 is 9.64 Å². The van der Waals surface area contributed by atoms with E-state index in [9.17, 15) is 10.1 Å². The summed E-state index contributed by atoms with van der Waals surface area (Å²) < 4.78 is 12.0. The first-order valence-corrected chi connectivity index (χ1v) is 16.9. The lowest BCUT2D eigenvalue weighted by Crippen LogP contribution is -2.55. The monoisotopic (exact) mass is 630 g/mol. The molecule has 4 aromatic rings. The Morgan fingerprint density at radius 2 is 1.79 bits per heavy atom. The maximum absolute atomic E-state index is 13.2. The summed E-state index contributed by atoms with van der Waals surface area (Å²) >= 11 is 0. The predicted molar refractivity (Wildman–Crippen MR) is 181 cm³/mol. The molecule has 3 aromatic carbocycles. The van der Waals surface area contributed by atoms with Crippen LogP contribution in [0, 0.1) is 11.3 Å². The van der Waals surface area contributed by atoms with Crippen LogP contribution in [0.25, 0.3) is 10.8 Å². The molecule has 2 saturated heterocycles. The van der Waals surface area contributed by atoms with Crippen molar-refractivity contribution in [3.63, 3.8) is 0 Å². The Balaban J connectivity index is 1.15. The van der Waals surface area contributed by atoms with E-state index in [2.05, 4.69) is 65.4 Å². The lowest BCUT2D eigenvalue weighted by molar-refractivity contribution is 0.0767. The molecule has 3 heterocycles. The maximum Gasteiger partial charge on any atom is 0.410 e. The average Bonchev–Trinajstić information content (AvgIpc) is 3.53. The number of likely N-dealkylation sites (N-methyl/N-ethyl adjacent to an activating group) is 1. The van der Waals surface area contributed by atoms with Gasteiger partial charge >= 0.3 is 12.1 Å². The van der Waals surface area contributed by atoms with Crippen LogP contribution in [0.3, 0.4) is 0 Å². The molecule has 9 heteroatoms. The van der Waals surface area contributed by atoms with Crippen molar-refractivity contribution in [3.8, 4) is 12.1 Å². The van der Waals surface area contributed by atoms with Crippen molar-refractivity contribution < 1.29 is 14.3 Å². The van der Waals surface area contributed by atoms with E-state index in [-0.39, 0.29) is 25.2 Å². The molecule has 0 bridgehead atoms. The standard InChI is InChI=1S/C38H42N6O3/c1-42-20-8-13-31(42)26-46-37-40-35-23-29(33-15-7-12-28-11-5-6-14-32(28)33)16-17-34(35)36(41-37)43-21-22-44(30(24-43)18-19-39)38(45)47-25-27-9-3-2-4-10-27/h2-7,9-12,14-15,29-31H,8,13,16-18,20-26H2,1H3/t29-,30-,31-/m0/s1. The zero-order valence-electron chi connectivity index (χ0n) is 27.1. The summed E-state index contributed by atoms with van der Waals surface area (Å²) in [6.07, 6.45) is 4.77. The summed E-state index contributed by atoms with van der Waals surface area (Å²) in [5, 5.41) is 12.3. The topological polar surface area (TPSA) is 94.8 Å². The highest BCUT2D eigenvalue weighted by Crippen LogP contribution is 2.39. The van der Waals surface area contributed by atoms with E-state index < -0.39 is 0 Å². The Bertz CT molecular complexity index is 1750. The van der Waals surface area contributed by atoms with Gasteiger partial charge in [-0.25, -0.2) is 4.79 Å². The van der Waals surface area contributed by atoms with Crippen LogP contribution >= 0.6 is 0 Å². The largest absolute Gasteiger partial charge is 0.462 e. The van der Waals surface area contributed by atoms with Gasteiger partial charge in [-0.3, -0.25) is 0 Å². The minimum Gasteiger partial charge on any atom is -0.462 e. The minimum atomic E-state index is -0.388. The molecule has 0 unspecified atom stereocenters. The summed E-state index contributed by atoms with van der Waals surface area (Å²) in [4.78, 5) is 29.6. The van der Waals surface area contributed by atoms with Crippen molar-refractivity contribution in [2.24, 2.45) is 0 Å². The maximum atomic E-state index is 13.2. The quantitative estimate of drug-likeness (QED) is 0.230. The number of rotatable bonds is 8. The van der Waals surface area contributed by atoms with Gasteiger partial charge in [-0.05, 0) is 73.5 Å². The summed E-state index contributed by atoms with van der Waals surface area (Å²) in [7, 11) is 2.15. The summed E-state index contributed by atoms with van der Waals surface area (Å²) in [6, 6.07) is 27.6. The molecule has 2 aliphatic heterocycles. The number of nitrogens with zero attached hydrogens (tertiary/aromatic N) is 6. The highest BCUT2D eigenvalue weighted by molar-refractivity contribution is 5.86. The number of anilines is 1. The molecule has 0 N–H and O–H groups in total. The van der Waals surface area contributed by atoms with E-state index >= 15 is 0 Å². The molecule has 0 spiro atoms. The van der Waals surface area contributed by atoms with Gasteiger partial charge in [0.2, 0.25) is 0 Å². The number of amides is 1. The molecule has 1 amide bonds. The molecule has 0 radical (unpaired) electrons. The summed E-state index contributed by atoms with van der Waals surface area (Å²) in [6.45, 7) is 3.36. The SMILES string of the molecule is CN1CCC[C@H]1COc1nc2c(c(N3CCN(C(=O)OCc4ccccc4)[C@@H](CC#N)C3)n1)CC[C@H](c1cccc3ccccc13)C2. The van der Waals surface area contributed by atoms with Gasteiger partial charge in [0.15, 0.2) is 0 Å². The molecule has 0 saturated carbocycles. The minimum absolute atomic E-state index is 0.202. The third-order valence-electron chi connectivity index (χ3n) is 10.1. The fourth-order valence-corrected chi connectivity index (χ4v) is 7.50. The molecule has 3 atom stereocenters. The van der Waals surface area contributed by atoms with Crippen molar-refractivity contribution >= 4 is 22.7 Å². The Hall–Kier alpha value is -4.68. The van der Waals surface area contributed by atoms with Crippen LogP contribution in [-0.2, 0) is 24.2 Å². The van der Waals surface area contributed by atoms with E-state index in [4.69, 9.17) is 19.4 Å². The van der Waals surface area contributed by atoms with Crippen LogP contribution in [0.15, 0.2) is 72.8 Å². The van der Waals surface area contributed by atoms with Crippen molar-refractivity contribution in [1.82, 2.24) is 19.8 Å². The van der Waals surface area contributed by atoms with E-state index in [0.29, 0.717) is 44.2 Å². The number of ether oxygens (including phenoxy) is 2. The van der Waals surface area contributed by atoms with Crippen molar-refractivity contribution in [2.45, 2.75) is 63.1 Å². The van der Waals surface area contributed by atoms with Crippen LogP contribution in [-0.4, -0.2) is 77.8 Å². The number of nitriles is 1. The first-order chi connectivity index (χ1) is 23.1. The Labute approximate surface area is 276 Å². The second-order valence-corrected chi connectivity index (χ2v) is 13.0. The zero-order valence-corrected chi connectivity index (χ0v) is 27.1. The lowest BCUT2D eigenvalue weighted by Gasteiger charge is -2.41. The number of aromatic nitrogens is 2. The zero-order chi connectivity index (χ0) is 32.2. The summed E-state index contributed by atoms with van der Waals surface area (Å²) in [5.74, 6) is 1.22. The molecule has 9 nitrogen and oxygen atoms in total. The molecular weight excluding hydrogens is 588 g/mol. The van der Waals surface area contributed by atoms with Crippen molar-refractivity contribution in [3.05, 3.63) is 95.2 Å². The normalized spacial score (nSPS) is 21.3. The number of hydrogen-bond acceptors (Lipinski definition) is 8. The highest BCUT2D eigenvalue weighted by atomic mass is 16.6. The number of fused-ring (bicyclic) bond motifs is 2. The number of piperazine rings is 1. The first-order valence-electron chi connectivity index (χ1n) is 16.9. The molecule has 1 aromatic heterocycles. The van der Waals surface area contributed by atoms with Gasteiger partial charge in [0.05, 0.1) is 24.2 Å². The Kier molecular flexibility index (Phi) is 9.20. The number of benzene rings is 3. The average molecular weight is 631 g/mol. The van der Waals surface area contributed by atoms with Gasteiger partial charge < -0.3 is 24.2 Å². The van der Waals surface area contributed by atoms with E-state index in [1.807, 2.05) is 30.3 Å². The number of likely N-dealkylation sites (tertiary alicyclic amines) is 1. The third kappa shape index (κ3) is 6.75. The van der Waals surface area contributed by atoms with Gasteiger partial charge in [0, 0.05) is 31.2 Å². The van der Waals surface area contributed by atoms with Gasteiger partial charge in [-0.15, -0.1) is 0 Å². The van der Waals surface area contributed by atoms with Gasteiger partial charge in [-0.1, -0.05) is 72.8 Å². The predicted octanol–water partition coefficient (Wildman–Crippen LogP) is 6.12. The molecule has 2 fully saturated rings. The fourth-order valence-electron chi connectivity index (χ4n) is 7.50. The van der Waals surface area contributed by atoms with Crippen LogP contribution in [0.2, 0.25) is 0 Å². The van der Waals surface area contributed by atoms with E-state index in [0.717, 1.165) is 54.9 Å². The molecular formula is C38H42N6O3. The van der Waals surface area contributed by atoms with Crippen molar-refractivity contribution in [2.75, 3.05) is 44.7 Å². The lowest BCUT2D eigenvalue weighted by atomic mass is 9.80. The number of carbonyl (C=O) groups is 1. The number of hydrogen-bond donors (Lipinski definition) is 0. The highest BCUT2D eigenvalue weighted by Gasteiger charge is 2.35. The first kappa shape index (κ1) is 30.9. The number of carbonyl (C=O) groups excluding carboxylic acids is 1. The van der Waals surface area contributed by atoms with E-state index in [1.165, 1.54) is 22.8 Å². The molecule has 242 valence electrons. The Morgan fingerprint density at radius 1 is 0.957 bits per heavy atom. The second kappa shape index (κ2) is 14.0. The van der Waals surface area contributed by atoms with Crippen LogP contribution in [0.4, 0.5) is 10.6 Å². The second-order valence-electron chi connectivity index (χ2n) is 13.0. The molecule has 1 aliphatic carbocycles. The van der Waals surface area contributed by atoms with E-state index in [1.54, 1.807) is 4.90 Å². The van der Waals surface area contributed by atoms with Crippen LogP contribution in [0.5, 0.6) is 6.01 Å². The van der Waals surface area contributed by atoms with Gasteiger partial charge in [0.1, 0.15) is 19.0 Å². The molecule has 3 aliphatic rings. The third-order valence-corrected chi connectivity index (χ3v) is 10.1. The molecule has 7 rings (SSSR count). The molecule has 47 heavy (non-hydrogen) atoms. The van der Waals surface area contributed by atoms with Crippen molar-refractivity contribution in [1.29, 1.82) is 5.26 Å². The van der Waals surface area contributed by atoms with Crippen LogP contribution in [0.1, 0.15) is 54.0 Å². The van der Waals surface area contributed by atoms with Gasteiger partial charge in [0.25, 0.3) is 0 Å². The van der Waals surface area contributed by atoms with Gasteiger partial charge in [-0.2, -0.15) is 15.2 Å². The summed E-state index contributed by atoms with van der Waals surface area (Å²) in [5.41, 5.74) is 4.49. The fraction of sp³-hybridized carbons (Fsp3) is 0.421. The Morgan fingerprint density at radius 3 is 2.62 bits per heavy atom.